The summed E-state index contributed by atoms with van der Waals surface area (Å²) in [5, 5.41) is 0.155. The summed E-state index contributed by atoms with van der Waals surface area (Å²) in [7, 11) is 1.87. The van der Waals surface area contributed by atoms with Gasteiger partial charge in [-0.2, -0.15) is 4.98 Å². The van der Waals surface area contributed by atoms with Crippen LogP contribution in [0.3, 0.4) is 0 Å². The van der Waals surface area contributed by atoms with Crippen molar-refractivity contribution in [2.75, 3.05) is 11.9 Å². The molecule has 0 saturated carbocycles. The van der Waals surface area contributed by atoms with E-state index in [1.807, 2.05) is 25.8 Å². The van der Waals surface area contributed by atoms with Crippen LogP contribution in [0.15, 0.2) is 6.20 Å². The Morgan fingerprint density at radius 3 is 2.60 bits per heavy atom. The van der Waals surface area contributed by atoms with Gasteiger partial charge in [-0.15, -0.1) is 0 Å². The molecular weight excluding hydrogens is 214 g/mol. The van der Waals surface area contributed by atoms with Crippen molar-refractivity contribution in [3.63, 3.8) is 0 Å². The van der Waals surface area contributed by atoms with E-state index in [-0.39, 0.29) is 17.1 Å². The lowest BCUT2D eigenvalue weighted by Crippen LogP contribution is -2.28. The smallest absolute Gasteiger partial charge is 0.224 e. The second kappa shape index (κ2) is 4.57. The zero-order valence-electron chi connectivity index (χ0n) is 9.28. The number of Topliss-reactive ketones (excluding diaryl/α,β-unsaturated/α-hetero) is 1. The van der Waals surface area contributed by atoms with Crippen molar-refractivity contribution in [3.05, 3.63) is 17.0 Å². The Bertz CT molecular complexity index is 379. The van der Waals surface area contributed by atoms with Crippen LogP contribution in [0.25, 0.3) is 0 Å². The van der Waals surface area contributed by atoms with E-state index in [4.69, 9.17) is 11.6 Å². The van der Waals surface area contributed by atoms with Gasteiger partial charge in [0.05, 0.1) is 5.56 Å². The lowest BCUT2D eigenvalue weighted by Gasteiger charge is -2.24. The molecule has 0 radical (unpaired) electrons. The molecule has 0 amide bonds. The Balaban J connectivity index is 3.24. The van der Waals surface area contributed by atoms with Gasteiger partial charge in [0, 0.05) is 19.3 Å². The van der Waals surface area contributed by atoms with Gasteiger partial charge in [0.2, 0.25) is 5.28 Å². The number of anilines is 1. The first kappa shape index (κ1) is 11.9. The number of halogens is 1. The average Bonchev–Trinajstić information content (AvgIpc) is 2.15. The monoisotopic (exact) mass is 227 g/mol. The Kier molecular flexibility index (Phi) is 3.63. The standard InChI is InChI=1S/C10H14ClN3O/c1-6(2)14(4)9-8(7(3)15)5-12-10(11)13-9/h5-6H,1-4H3. The van der Waals surface area contributed by atoms with Crippen LogP contribution >= 0.6 is 11.6 Å². The van der Waals surface area contributed by atoms with Crippen molar-refractivity contribution in [2.24, 2.45) is 0 Å². The maximum Gasteiger partial charge on any atom is 0.224 e. The number of aromatic nitrogens is 2. The third-order valence-electron chi connectivity index (χ3n) is 2.23. The SMILES string of the molecule is CC(=O)c1cnc(Cl)nc1N(C)C(C)C. The fourth-order valence-corrected chi connectivity index (χ4v) is 1.24. The lowest BCUT2D eigenvalue weighted by molar-refractivity contribution is 0.101. The van der Waals surface area contributed by atoms with E-state index in [1.54, 1.807) is 0 Å². The van der Waals surface area contributed by atoms with Crippen LogP contribution in [-0.4, -0.2) is 28.8 Å². The molecule has 0 N–H and O–H groups in total. The fourth-order valence-electron chi connectivity index (χ4n) is 1.11. The van der Waals surface area contributed by atoms with E-state index in [2.05, 4.69) is 9.97 Å². The number of hydrogen-bond acceptors (Lipinski definition) is 4. The number of carbonyl (C=O) groups is 1. The second-order valence-electron chi connectivity index (χ2n) is 3.64. The highest BCUT2D eigenvalue weighted by Gasteiger charge is 2.16. The molecule has 4 nitrogen and oxygen atoms in total. The van der Waals surface area contributed by atoms with Gasteiger partial charge in [-0.3, -0.25) is 4.79 Å². The molecule has 0 aliphatic heterocycles. The van der Waals surface area contributed by atoms with E-state index in [1.165, 1.54) is 13.1 Å². The van der Waals surface area contributed by atoms with Crippen LogP contribution in [-0.2, 0) is 0 Å². The molecule has 0 aromatic carbocycles. The summed E-state index contributed by atoms with van der Waals surface area (Å²) in [6.45, 7) is 5.52. The molecule has 1 heterocycles. The van der Waals surface area contributed by atoms with Gasteiger partial charge in [-0.1, -0.05) is 0 Å². The second-order valence-corrected chi connectivity index (χ2v) is 3.98. The molecule has 0 unspecified atom stereocenters. The quantitative estimate of drug-likeness (QED) is 0.587. The van der Waals surface area contributed by atoms with Gasteiger partial charge in [0.15, 0.2) is 5.78 Å². The van der Waals surface area contributed by atoms with Gasteiger partial charge in [0.25, 0.3) is 0 Å². The Hall–Kier alpha value is -1.16. The van der Waals surface area contributed by atoms with E-state index in [0.717, 1.165) is 0 Å². The first-order valence-electron chi connectivity index (χ1n) is 4.69. The number of hydrogen-bond donors (Lipinski definition) is 0. The minimum absolute atomic E-state index is 0.0610. The molecule has 0 spiro atoms. The van der Waals surface area contributed by atoms with Crippen LogP contribution in [0, 0.1) is 0 Å². The zero-order chi connectivity index (χ0) is 11.6. The molecule has 15 heavy (non-hydrogen) atoms. The molecular formula is C10H14ClN3O. The van der Waals surface area contributed by atoms with Gasteiger partial charge >= 0.3 is 0 Å². The summed E-state index contributed by atoms with van der Waals surface area (Å²) < 4.78 is 0. The maximum atomic E-state index is 11.4. The lowest BCUT2D eigenvalue weighted by atomic mass is 10.2. The molecule has 1 aromatic heterocycles. The average molecular weight is 228 g/mol. The minimum Gasteiger partial charge on any atom is -0.357 e. The van der Waals surface area contributed by atoms with Crippen LogP contribution in [0.2, 0.25) is 5.28 Å². The summed E-state index contributed by atoms with van der Waals surface area (Å²) in [6.07, 6.45) is 1.46. The van der Waals surface area contributed by atoms with Crippen LogP contribution in [0.5, 0.6) is 0 Å². The number of rotatable bonds is 3. The topological polar surface area (TPSA) is 46.1 Å². The van der Waals surface area contributed by atoms with Crippen LogP contribution in [0.1, 0.15) is 31.1 Å². The highest BCUT2D eigenvalue weighted by atomic mass is 35.5. The van der Waals surface area contributed by atoms with Crippen molar-refractivity contribution < 1.29 is 4.79 Å². The summed E-state index contributed by atoms with van der Waals surface area (Å²) in [5.74, 6) is 0.520. The largest absolute Gasteiger partial charge is 0.357 e. The predicted molar refractivity (Wildman–Crippen MR) is 60.6 cm³/mol. The van der Waals surface area contributed by atoms with E-state index in [9.17, 15) is 4.79 Å². The molecule has 0 saturated heterocycles. The molecule has 5 heteroatoms. The van der Waals surface area contributed by atoms with Crippen LogP contribution in [0.4, 0.5) is 5.82 Å². The third-order valence-corrected chi connectivity index (χ3v) is 2.41. The van der Waals surface area contributed by atoms with Crippen molar-refractivity contribution >= 4 is 23.2 Å². The van der Waals surface area contributed by atoms with E-state index < -0.39 is 0 Å². The maximum absolute atomic E-state index is 11.4. The molecule has 82 valence electrons. The Labute approximate surface area is 94.3 Å². The number of nitrogens with zero attached hydrogens (tertiary/aromatic N) is 3. The molecule has 1 aromatic rings. The van der Waals surface area contributed by atoms with E-state index >= 15 is 0 Å². The van der Waals surface area contributed by atoms with Crippen molar-refractivity contribution in [1.82, 2.24) is 9.97 Å². The fraction of sp³-hybridized carbons (Fsp3) is 0.500. The molecule has 1 rings (SSSR count). The predicted octanol–water partition coefficient (Wildman–Crippen LogP) is 2.18. The molecule has 0 fully saturated rings. The highest BCUT2D eigenvalue weighted by Crippen LogP contribution is 2.19. The van der Waals surface area contributed by atoms with E-state index in [0.29, 0.717) is 11.4 Å². The number of carbonyl (C=O) groups excluding carboxylic acids is 1. The van der Waals surface area contributed by atoms with Crippen molar-refractivity contribution in [3.8, 4) is 0 Å². The first-order valence-corrected chi connectivity index (χ1v) is 5.07. The normalized spacial score (nSPS) is 10.5. The summed E-state index contributed by atoms with van der Waals surface area (Å²) in [4.78, 5) is 21.1. The molecule has 0 bridgehead atoms. The highest BCUT2D eigenvalue weighted by molar-refractivity contribution is 6.28. The van der Waals surface area contributed by atoms with Gasteiger partial charge in [-0.05, 0) is 32.4 Å². The van der Waals surface area contributed by atoms with Gasteiger partial charge < -0.3 is 4.90 Å². The Morgan fingerprint density at radius 1 is 1.53 bits per heavy atom. The third kappa shape index (κ3) is 2.65. The molecule has 0 aliphatic rings. The Morgan fingerprint density at radius 2 is 2.13 bits per heavy atom. The molecule has 0 atom stereocenters. The zero-order valence-corrected chi connectivity index (χ0v) is 10.0. The van der Waals surface area contributed by atoms with Crippen molar-refractivity contribution in [2.45, 2.75) is 26.8 Å². The van der Waals surface area contributed by atoms with Crippen LogP contribution < -0.4 is 4.90 Å². The first-order chi connectivity index (χ1) is 6.93. The minimum atomic E-state index is -0.0610. The summed E-state index contributed by atoms with van der Waals surface area (Å²) in [5.41, 5.74) is 0.496. The van der Waals surface area contributed by atoms with Gasteiger partial charge in [0.1, 0.15) is 5.82 Å². The van der Waals surface area contributed by atoms with Crippen molar-refractivity contribution in [1.29, 1.82) is 0 Å². The summed E-state index contributed by atoms with van der Waals surface area (Å²) in [6, 6.07) is 0.245. The van der Waals surface area contributed by atoms with Gasteiger partial charge in [-0.25, -0.2) is 4.98 Å². The number of ketones is 1. The molecule has 0 aliphatic carbocycles. The summed E-state index contributed by atoms with van der Waals surface area (Å²) >= 11 is 5.71.